The van der Waals surface area contributed by atoms with Gasteiger partial charge in [0, 0.05) is 44.0 Å². The van der Waals surface area contributed by atoms with E-state index in [2.05, 4.69) is 9.97 Å². The maximum Gasteiger partial charge on any atom is 0.498 e. The van der Waals surface area contributed by atoms with Crippen molar-refractivity contribution in [3.05, 3.63) is 12.4 Å². The lowest BCUT2D eigenvalue weighted by molar-refractivity contribution is -0.143. The van der Waals surface area contributed by atoms with Crippen molar-refractivity contribution in [2.24, 2.45) is 0 Å². The Labute approximate surface area is 172 Å². The first-order chi connectivity index (χ1) is 13.6. The zero-order chi connectivity index (χ0) is 21.4. The van der Waals surface area contributed by atoms with Crippen LogP contribution in [0.2, 0.25) is 0 Å². The Kier molecular flexibility index (Phi) is 6.19. The molecule has 2 unspecified atom stereocenters. The minimum atomic E-state index is -1.37. The predicted octanol–water partition coefficient (Wildman–Crippen LogP) is -0.444. The quantitative estimate of drug-likeness (QED) is 0.634. The second-order valence-electron chi connectivity index (χ2n) is 8.79. The van der Waals surface area contributed by atoms with Crippen LogP contribution in [0.4, 0.5) is 5.95 Å². The number of anilines is 1. The second-order valence-corrected chi connectivity index (χ2v) is 8.79. The molecule has 1 aromatic rings. The number of amides is 1. The highest BCUT2D eigenvalue weighted by Crippen LogP contribution is 2.36. The SMILES string of the molecule is CN(c1ncc(B2OC(C)(C)C(C)(C)O2)cn1)C1CCCN(C(=O)C(O)CO)C1. The maximum atomic E-state index is 12.2. The number of aliphatic hydroxyl groups is 2. The summed E-state index contributed by atoms with van der Waals surface area (Å²) in [7, 11) is 1.38. The van der Waals surface area contributed by atoms with Crippen LogP contribution < -0.4 is 10.4 Å². The third-order valence-corrected chi connectivity index (χ3v) is 6.21. The lowest BCUT2D eigenvalue weighted by atomic mass is 9.81. The molecular weight excluding hydrogens is 375 g/mol. The minimum absolute atomic E-state index is 0.0290. The normalized spacial score (nSPS) is 24.4. The van der Waals surface area contributed by atoms with E-state index >= 15 is 0 Å². The van der Waals surface area contributed by atoms with Crippen molar-refractivity contribution in [3.8, 4) is 0 Å². The smallest absolute Gasteiger partial charge is 0.399 e. The van der Waals surface area contributed by atoms with Crippen LogP contribution in [0.5, 0.6) is 0 Å². The largest absolute Gasteiger partial charge is 0.498 e. The van der Waals surface area contributed by atoms with Gasteiger partial charge >= 0.3 is 7.12 Å². The van der Waals surface area contributed by atoms with Crippen LogP contribution in [0.3, 0.4) is 0 Å². The number of carbonyl (C=O) groups excluding carboxylic acids is 1. The third kappa shape index (κ3) is 4.40. The summed E-state index contributed by atoms with van der Waals surface area (Å²) in [5.41, 5.74) is -0.0957. The van der Waals surface area contributed by atoms with Crippen molar-refractivity contribution in [2.75, 3.05) is 31.6 Å². The van der Waals surface area contributed by atoms with Gasteiger partial charge in [-0.3, -0.25) is 4.79 Å². The Morgan fingerprint density at radius 3 is 2.45 bits per heavy atom. The van der Waals surface area contributed by atoms with Crippen LogP contribution in [0.25, 0.3) is 0 Å². The maximum absolute atomic E-state index is 12.2. The number of hydrogen-bond acceptors (Lipinski definition) is 8. The number of likely N-dealkylation sites (tertiary alicyclic amines) is 1. The molecule has 3 heterocycles. The molecule has 0 spiro atoms. The number of hydrogen-bond donors (Lipinski definition) is 2. The zero-order valence-electron chi connectivity index (χ0n) is 17.8. The van der Waals surface area contributed by atoms with Crippen molar-refractivity contribution in [1.82, 2.24) is 14.9 Å². The molecule has 29 heavy (non-hydrogen) atoms. The first-order valence-corrected chi connectivity index (χ1v) is 10.0. The Morgan fingerprint density at radius 2 is 1.90 bits per heavy atom. The molecule has 2 aliphatic heterocycles. The average molecular weight is 406 g/mol. The molecule has 160 valence electrons. The topological polar surface area (TPSA) is 108 Å². The monoisotopic (exact) mass is 406 g/mol. The Hall–Kier alpha value is -1.75. The van der Waals surface area contributed by atoms with Crippen molar-refractivity contribution >= 4 is 24.4 Å². The van der Waals surface area contributed by atoms with E-state index in [1.807, 2.05) is 39.6 Å². The van der Waals surface area contributed by atoms with Gasteiger partial charge in [-0.1, -0.05) is 0 Å². The summed E-state index contributed by atoms with van der Waals surface area (Å²) >= 11 is 0. The lowest BCUT2D eigenvalue weighted by Gasteiger charge is -2.38. The fourth-order valence-corrected chi connectivity index (χ4v) is 3.54. The van der Waals surface area contributed by atoms with Gasteiger partial charge in [-0.2, -0.15) is 0 Å². The molecule has 3 rings (SSSR count). The van der Waals surface area contributed by atoms with Gasteiger partial charge in [0.05, 0.1) is 17.8 Å². The number of piperidine rings is 1. The highest BCUT2D eigenvalue weighted by atomic mass is 16.7. The Morgan fingerprint density at radius 1 is 1.31 bits per heavy atom. The van der Waals surface area contributed by atoms with Gasteiger partial charge in [0.25, 0.3) is 5.91 Å². The Bertz CT molecular complexity index is 714. The summed E-state index contributed by atoms with van der Waals surface area (Å²) in [5, 5.41) is 18.6. The first-order valence-electron chi connectivity index (χ1n) is 10.0. The van der Waals surface area contributed by atoms with Crippen LogP contribution in [-0.2, 0) is 14.1 Å². The molecule has 0 aromatic carbocycles. The van der Waals surface area contributed by atoms with Crippen molar-refractivity contribution < 1.29 is 24.3 Å². The first kappa shape index (κ1) is 22.0. The van der Waals surface area contributed by atoms with E-state index in [0.29, 0.717) is 19.0 Å². The van der Waals surface area contributed by atoms with E-state index in [1.54, 1.807) is 17.3 Å². The average Bonchev–Trinajstić information content (AvgIpc) is 2.93. The van der Waals surface area contributed by atoms with Gasteiger partial charge in [-0.05, 0) is 40.5 Å². The number of carbonyl (C=O) groups is 1. The van der Waals surface area contributed by atoms with Gasteiger partial charge in [-0.25, -0.2) is 9.97 Å². The van der Waals surface area contributed by atoms with E-state index in [-0.39, 0.29) is 6.04 Å². The highest BCUT2D eigenvalue weighted by molar-refractivity contribution is 6.61. The fraction of sp³-hybridized carbons (Fsp3) is 0.737. The molecule has 0 bridgehead atoms. The van der Waals surface area contributed by atoms with Crippen LogP contribution in [-0.4, -0.2) is 88.2 Å². The number of nitrogens with zero attached hydrogens (tertiary/aromatic N) is 4. The van der Waals surface area contributed by atoms with Gasteiger partial charge < -0.3 is 29.3 Å². The fourth-order valence-electron chi connectivity index (χ4n) is 3.54. The van der Waals surface area contributed by atoms with Gasteiger partial charge in [0.15, 0.2) is 6.10 Å². The lowest BCUT2D eigenvalue weighted by Crippen LogP contribution is -2.52. The van der Waals surface area contributed by atoms with Crippen LogP contribution in [0, 0.1) is 0 Å². The minimum Gasteiger partial charge on any atom is -0.399 e. The summed E-state index contributed by atoms with van der Waals surface area (Å²) in [6, 6.07) is 0.0290. The van der Waals surface area contributed by atoms with Crippen LogP contribution in [0.15, 0.2) is 12.4 Å². The van der Waals surface area contributed by atoms with Crippen molar-refractivity contribution in [1.29, 1.82) is 0 Å². The summed E-state index contributed by atoms with van der Waals surface area (Å²) in [6.45, 7) is 8.45. The molecule has 0 radical (unpaired) electrons. The van der Waals surface area contributed by atoms with E-state index in [9.17, 15) is 9.90 Å². The molecule has 2 aliphatic rings. The molecule has 2 N–H and O–H groups in total. The van der Waals surface area contributed by atoms with Crippen molar-refractivity contribution in [3.63, 3.8) is 0 Å². The molecule has 0 aliphatic carbocycles. The number of likely N-dealkylation sites (N-methyl/N-ethyl adjacent to an activating group) is 1. The molecule has 2 fully saturated rings. The van der Waals surface area contributed by atoms with E-state index in [4.69, 9.17) is 14.4 Å². The molecule has 1 aromatic heterocycles. The number of aromatic nitrogens is 2. The summed E-state index contributed by atoms with van der Waals surface area (Å²) < 4.78 is 12.1. The van der Waals surface area contributed by atoms with E-state index < -0.39 is 36.9 Å². The summed E-state index contributed by atoms with van der Waals surface area (Å²) in [4.78, 5) is 24.7. The van der Waals surface area contributed by atoms with Crippen molar-refractivity contribution in [2.45, 2.75) is 63.9 Å². The van der Waals surface area contributed by atoms with Gasteiger partial charge in [-0.15, -0.1) is 0 Å². The zero-order valence-corrected chi connectivity index (χ0v) is 17.8. The summed E-state index contributed by atoms with van der Waals surface area (Å²) in [6.07, 6.45) is 3.75. The van der Waals surface area contributed by atoms with Gasteiger partial charge in [0.1, 0.15) is 0 Å². The number of rotatable bonds is 5. The third-order valence-electron chi connectivity index (χ3n) is 6.21. The van der Waals surface area contributed by atoms with E-state index in [0.717, 1.165) is 18.3 Å². The predicted molar refractivity (Wildman–Crippen MR) is 109 cm³/mol. The van der Waals surface area contributed by atoms with E-state index in [1.165, 1.54) is 0 Å². The molecule has 0 saturated carbocycles. The van der Waals surface area contributed by atoms with Crippen LogP contribution in [0.1, 0.15) is 40.5 Å². The molecular formula is C19H31BN4O5. The molecule has 10 heteroatoms. The molecule has 1 amide bonds. The van der Waals surface area contributed by atoms with Crippen LogP contribution >= 0.6 is 0 Å². The second kappa shape index (κ2) is 8.18. The molecule has 2 saturated heterocycles. The Balaban J connectivity index is 1.66. The molecule has 9 nitrogen and oxygen atoms in total. The molecule has 2 atom stereocenters. The number of aliphatic hydroxyl groups excluding tert-OH is 2. The summed E-state index contributed by atoms with van der Waals surface area (Å²) in [5.74, 6) is 0.106. The highest BCUT2D eigenvalue weighted by Gasteiger charge is 2.52. The van der Waals surface area contributed by atoms with Gasteiger partial charge in [0.2, 0.25) is 5.95 Å². The standard InChI is InChI=1S/C19H31BN4O5/c1-18(2)19(3,4)29-20(28-18)13-9-21-17(22-10-13)23(5)14-7-6-8-24(11-14)16(27)15(26)12-25/h9-10,14-15,25-26H,6-8,11-12H2,1-5H3.